The van der Waals surface area contributed by atoms with Crippen LogP contribution in [0.1, 0.15) is 11.1 Å². The number of benzene rings is 1. The lowest BCUT2D eigenvalue weighted by Crippen LogP contribution is -2.08. The van der Waals surface area contributed by atoms with Crippen molar-refractivity contribution in [1.29, 1.82) is 0 Å². The fraction of sp³-hybridized carbons (Fsp3) is 0.0769. The first-order chi connectivity index (χ1) is 9.15. The van der Waals surface area contributed by atoms with Gasteiger partial charge in [-0.1, -0.05) is 36.5 Å². The van der Waals surface area contributed by atoms with Crippen LogP contribution in [0, 0.1) is 6.92 Å². The first-order valence-electron chi connectivity index (χ1n) is 5.73. The number of hydrogen-bond donors (Lipinski definition) is 1. The summed E-state index contributed by atoms with van der Waals surface area (Å²) in [6, 6.07) is 9.67. The van der Waals surface area contributed by atoms with E-state index in [9.17, 15) is 0 Å². The van der Waals surface area contributed by atoms with E-state index >= 15 is 0 Å². The van der Waals surface area contributed by atoms with Gasteiger partial charge in [0.15, 0.2) is 5.65 Å². The molecule has 6 heteroatoms. The van der Waals surface area contributed by atoms with Crippen molar-refractivity contribution in [2.24, 2.45) is 5.73 Å². The first-order valence-corrected chi connectivity index (χ1v) is 6.14. The topological polar surface area (TPSA) is 69.1 Å². The average Bonchev–Trinajstić information content (AvgIpc) is 2.85. The Hall–Kier alpha value is -2.34. The second-order valence-electron chi connectivity index (χ2n) is 4.25. The van der Waals surface area contributed by atoms with Crippen LogP contribution in [-0.2, 0) is 0 Å². The van der Waals surface area contributed by atoms with Crippen molar-refractivity contribution in [1.82, 2.24) is 19.8 Å². The molecule has 0 saturated carbocycles. The van der Waals surface area contributed by atoms with Crippen LogP contribution in [0.15, 0.2) is 36.7 Å². The fourth-order valence-corrected chi connectivity index (χ4v) is 2.07. The summed E-state index contributed by atoms with van der Waals surface area (Å²) < 4.78 is 1.66. The molecule has 0 spiro atoms. The van der Waals surface area contributed by atoms with Gasteiger partial charge in [0.25, 0.3) is 0 Å². The Morgan fingerprint density at radius 2 is 2.00 bits per heavy atom. The lowest BCUT2D eigenvalue weighted by molar-refractivity contribution is 0.925. The third kappa shape index (κ3) is 2.06. The molecule has 0 atom stereocenters. The molecule has 0 aliphatic rings. The summed E-state index contributed by atoms with van der Waals surface area (Å²) in [5.74, 6) is 0. The normalized spacial score (nSPS) is 10.8. The average molecular weight is 269 g/mol. The van der Waals surface area contributed by atoms with Gasteiger partial charge in [-0.2, -0.15) is 9.61 Å². The maximum Gasteiger partial charge on any atom is 0.177 e. The Morgan fingerprint density at radius 1 is 1.26 bits per heavy atom. The third-order valence-corrected chi connectivity index (χ3v) is 3.16. The highest BCUT2D eigenvalue weighted by Gasteiger charge is 2.07. The van der Waals surface area contributed by atoms with Gasteiger partial charge >= 0.3 is 0 Å². The minimum absolute atomic E-state index is 0.394. The lowest BCUT2D eigenvalue weighted by Gasteiger charge is -2.06. The van der Waals surface area contributed by atoms with E-state index in [1.807, 2.05) is 37.3 Å². The van der Waals surface area contributed by atoms with Gasteiger partial charge in [0, 0.05) is 11.1 Å². The Balaban J connectivity index is 2.12. The zero-order chi connectivity index (χ0) is 13.4. The van der Waals surface area contributed by atoms with E-state index < -0.39 is 0 Å². The lowest BCUT2D eigenvalue weighted by atomic mass is 10.1. The van der Waals surface area contributed by atoms with Crippen LogP contribution in [0.25, 0.3) is 16.9 Å². The molecule has 3 aromatic rings. The van der Waals surface area contributed by atoms with Crippen LogP contribution < -0.4 is 5.73 Å². The first kappa shape index (κ1) is 11.7. The molecule has 2 N–H and O–H groups in total. The molecule has 5 nitrogen and oxygen atoms in total. The maximum atomic E-state index is 5.59. The molecular formula is C13H11N5S. The van der Waals surface area contributed by atoms with E-state index in [1.165, 1.54) is 0 Å². The Kier molecular flexibility index (Phi) is 2.72. The fourth-order valence-electron chi connectivity index (χ4n) is 1.94. The molecule has 0 saturated heterocycles. The van der Waals surface area contributed by atoms with E-state index in [-0.39, 0.29) is 0 Å². The quantitative estimate of drug-likeness (QED) is 0.718. The third-order valence-electron chi connectivity index (χ3n) is 2.93. The van der Waals surface area contributed by atoms with Gasteiger partial charge in [0.2, 0.25) is 0 Å². The molecule has 3 rings (SSSR count). The number of nitrogens with zero attached hydrogens (tertiary/aromatic N) is 4. The van der Waals surface area contributed by atoms with Crippen LogP contribution in [-0.4, -0.2) is 24.8 Å². The minimum Gasteiger partial charge on any atom is -0.389 e. The minimum atomic E-state index is 0.394. The smallest absolute Gasteiger partial charge is 0.177 e. The van der Waals surface area contributed by atoms with Crippen molar-refractivity contribution in [3.63, 3.8) is 0 Å². The summed E-state index contributed by atoms with van der Waals surface area (Å²) in [4.78, 5) is 0.394. The van der Waals surface area contributed by atoms with Crippen molar-refractivity contribution < 1.29 is 0 Å². The molecule has 0 bridgehead atoms. The van der Waals surface area contributed by atoms with Crippen molar-refractivity contribution in [2.45, 2.75) is 6.92 Å². The van der Waals surface area contributed by atoms with Gasteiger partial charge in [-0.3, -0.25) is 0 Å². The Bertz CT molecular complexity index is 760. The summed E-state index contributed by atoms with van der Waals surface area (Å²) in [5.41, 5.74) is 10.1. The second kappa shape index (κ2) is 4.40. The van der Waals surface area contributed by atoms with E-state index in [2.05, 4.69) is 15.3 Å². The Morgan fingerprint density at radius 3 is 2.68 bits per heavy atom. The zero-order valence-corrected chi connectivity index (χ0v) is 11.1. The molecule has 1 aromatic carbocycles. The van der Waals surface area contributed by atoms with Crippen LogP contribution in [0.3, 0.4) is 0 Å². The summed E-state index contributed by atoms with van der Waals surface area (Å²) in [5, 5.41) is 12.3. The van der Waals surface area contributed by atoms with Crippen LogP contribution in [0.4, 0.5) is 0 Å². The molecule has 0 aliphatic heterocycles. The van der Waals surface area contributed by atoms with Crippen LogP contribution >= 0.6 is 12.2 Å². The summed E-state index contributed by atoms with van der Waals surface area (Å²) in [6.07, 6.45) is 1.58. The number of nitrogens with two attached hydrogens (primary N) is 1. The molecular weight excluding hydrogens is 258 g/mol. The summed E-state index contributed by atoms with van der Waals surface area (Å²) in [6.45, 7) is 2.00. The molecule has 0 amide bonds. The molecule has 0 radical (unpaired) electrons. The van der Waals surface area contributed by atoms with Gasteiger partial charge in [0.1, 0.15) is 11.3 Å². The van der Waals surface area contributed by atoms with Gasteiger partial charge in [-0.05, 0) is 18.6 Å². The maximum absolute atomic E-state index is 5.59. The van der Waals surface area contributed by atoms with E-state index in [0.29, 0.717) is 4.99 Å². The van der Waals surface area contributed by atoms with Gasteiger partial charge in [-0.15, -0.1) is 10.2 Å². The van der Waals surface area contributed by atoms with Crippen molar-refractivity contribution in [3.05, 3.63) is 47.8 Å². The van der Waals surface area contributed by atoms with E-state index in [4.69, 9.17) is 18.0 Å². The number of aromatic nitrogens is 4. The van der Waals surface area contributed by atoms with Crippen molar-refractivity contribution in [3.8, 4) is 11.3 Å². The molecule has 19 heavy (non-hydrogen) atoms. The highest BCUT2D eigenvalue weighted by atomic mass is 32.1. The zero-order valence-electron chi connectivity index (χ0n) is 10.2. The molecule has 0 unspecified atom stereocenters. The van der Waals surface area contributed by atoms with Crippen LogP contribution in [0.5, 0.6) is 0 Å². The van der Waals surface area contributed by atoms with Gasteiger partial charge in [-0.25, -0.2) is 0 Å². The monoisotopic (exact) mass is 269 g/mol. The van der Waals surface area contributed by atoms with E-state index in [0.717, 1.165) is 28.0 Å². The Labute approximate surface area is 115 Å². The molecule has 2 aromatic heterocycles. The molecule has 0 aliphatic carbocycles. The predicted octanol–water partition coefficient (Wildman–Crippen LogP) is 1.73. The summed E-state index contributed by atoms with van der Waals surface area (Å²) >= 11 is 4.94. The number of aryl methyl sites for hydroxylation is 1. The van der Waals surface area contributed by atoms with Gasteiger partial charge in [0.05, 0.1) is 5.69 Å². The number of fused-ring (bicyclic) bond motifs is 1. The number of thiocarbonyl (C=S) groups is 1. The highest BCUT2D eigenvalue weighted by Crippen LogP contribution is 2.21. The molecule has 2 heterocycles. The van der Waals surface area contributed by atoms with Gasteiger partial charge < -0.3 is 5.73 Å². The highest BCUT2D eigenvalue weighted by molar-refractivity contribution is 7.80. The predicted molar refractivity (Wildman–Crippen MR) is 76.8 cm³/mol. The molecule has 94 valence electrons. The SMILES string of the molecule is Cc1cc2nncn2nc1-c1ccc(C(N)=S)cc1. The van der Waals surface area contributed by atoms with Crippen molar-refractivity contribution in [2.75, 3.05) is 0 Å². The largest absolute Gasteiger partial charge is 0.389 e. The standard InChI is InChI=1S/C13H11N5S/c1-8-6-11-16-15-7-18(11)17-12(8)9-2-4-10(5-3-9)13(14)19/h2-7H,1H3,(H2,14,19). The number of rotatable bonds is 2. The second-order valence-corrected chi connectivity index (χ2v) is 4.69. The number of hydrogen-bond acceptors (Lipinski definition) is 4. The van der Waals surface area contributed by atoms with E-state index in [1.54, 1.807) is 10.8 Å². The molecule has 0 fully saturated rings. The van der Waals surface area contributed by atoms with Crippen molar-refractivity contribution >= 4 is 22.9 Å². The summed E-state index contributed by atoms with van der Waals surface area (Å²) in [7, 11) is 0. The van der Waals surface area contributed by atoms with Crippen LogP contribution in [0.2, 0.25) is 0 Å².